The number of aliphatic hydroxyl groups excluding tert-OH is 3. The largest absolute Gasteiger partial charge is 0.483 e. The Morgan fingerprint density at radius 2 is 1.57 bits per heavy atom. The Labute approximate surface area is 297 Å². The van der Waals surface area contributed by atoms with E-state index < -0.39 is 24.5 Å². The first kappa shape index (κ1) is 35.5. The topological polar surface area (TPSA) is 192 Å². The number of hydrogen-bond donors (Lipinski definition) is 5. The first-order valence-corrected chi connectivity index (χ1v) is 17.1. The Morgan fingerprint density at radius 3 is 2.16 bits per heavy atom. The van der Waals surface area contributed by atoms with Gasteiger partial charge in [0.2, 0.25) is 5.95 Å². The molecule has 0 amide bonds. The fourth-order valence-corrected chi connectivity index (χ4v) is 6.79. The third-order valence-corrected chi connectivity index (χ3v) is 9.45. The number of rotatable bonds is 12. The highest BCUT2D eigenvalue weighted by atomic mass is 32.1. The molecular weight excluding hydrogens is 673 g/mol. The lowest BCUT2D eigenvalue weighted by atomic mass is 9.91. The van der Waals surface area contributed by atoms with Crippen molar-refractivity contribution in [1.82, 2.24) is 29.7 Å². The van der Waals surface area contributed by atoms with Crippen LogP contribution < -0.4 is 10.2 Å². The van der Waals surface area contributed by atoms with Gasteiger partial charge in [-0.05, 0) is 30.0 Å². The van der Waals surface area contributed by atoms with Crippen LogP contribution in [0.4, 0.5) is 11.8 Å². The van der Waals surface area contributed by atoms with Crippen molar-refractivity contribution >= 4 is 40.7 Å². The maximum absolute atomic E-state index is 11.2. The number of anilines is 2. The van der Waals surface area contributed by atoms with Crippen LogP contribution in [0.1, 0.15) is 45.0 Å². The number of fused-ring (bicyclic) bond motifs is 1. The van der Waals surface area contributed by atoms with Crippen molar-refractivity contribution in [3.05, 3.63) is 124 Å². The van der Waals surface area contributed by atoms with Gasteiger partial charge < -0.3 is 35.4 Å². The molecule has 3 aromatic carbocycles. The van der Waals surface area contributed by atoms with Gasteiger partial charge >= 0.3 is 0 Å². The average molecular weight is 711 g/mol. The van der Waals surface area contributed by atoms with Crippen LogP contribution in [0.5, 0.6) is 0 Å². The lowest BCUT2D eigenvalue weighted by Gasteiger charge is -2.23. The van der Waals surface area contributed by atoms with E-state index in [-0.39, 0.29) is 25.1 Å². The summed E-state index contributed by atoms with van der Waals surface area (Å²) in [5, 5.41) is 52.5. The van der Waals surface area contributed by atoms with E-state index in [0.717, 1.165) is 21.7 Å². The molecule has 1 saturated heterocycles. The van der Waals surface area contributed by atoms with E-state index >= 15 is 0 Å². The highest BCUT2D eigenvalue weighted by Gasteiger charge is 2.46. The number of aliphatic hydroxyl groups is 3. The van der Waals surface area contributed by atoms with Crippen molar-refractivity contribution in [3.63, 3.8) is 0 Å². The summed E-state index contributed by atoms with van der Waals surface area (Å²) in [5.41, 5.74) is 4.23. The SMILES string of the molecule is Cc1nnc([C@H]2O[C@@H](n3cnc4c(NCC(c5ccccc5)c5ccccc5)nc(N(CO)CCc5ccccc5)nc43)[C@H](O)[C@@H]2O)s1.O=CO. The van der Waals surface area contributed by atoms with Crippen LogP contribution in [-0.2, 0) is 16.0 Å². The van der Waals surface area contributed by atoms with E-state index in [4.69, 9.17) is 24.6 Å². The van der Waals surface area contributed by atoms with E-state index in [1.165, 1.54) is 17.7 Å². The summed E-state index contributed by atoms with van der Waals surface area (Å²) in [5.74, 6) is 0.750. The summed E-state index contributed by atoms with van der Waals surface area (Å²) in [6, 6.07) is 30.5. The van der Waals surface area contributed by atoms with Crippen molar-refractivity contribution in [1.29, 1.82) is 0 Å². The molecule has 3 aromatic heterocycles. The molecule has 264 valence electrons. The van der Waals surface area contributed by atoms with Crippen molar-refractivity contribution < 1.29 is 30.0 Å². The summed E-state index contributed by atoms with van der Waals surface area (Å²) in [7, 11) is 0. The number of benzene rings is 3. The zero-order valence-electron chi connectivity index (χ0n) is 27.7. The minimum absolute atomic E-state index is 0.00114. The number of imidazole rings is 1. The number of aryl methyl sites for hydroxylation is 1. The number of hydrogen-bond acceptors (Lipinski definition) is 13. The van der Waals surface area contributed by atoms with Crippen LogP contribution in [0.15, 0.2) is 97.3 Å². The van der Waals surface area contributed by atoms with Gasteiger partial charge in [-0.1, -0.05) is 102 Å². The van der Waals surface area contributed by atoms with Crippen molar-refractivity contribution in [3.8, 4) is 0 Å². The highest BCUT2D eigenvalue weighted by Crippen LogP contribution is 2.41. The molecule has 0 radical (unpaired) electrons. The minimum Gasteiger partial charge on any atom is -0.483 e. The summed E-state index contributed by atoms with van der Waals surface area (Å²) >= 11 is 1.30. The molecule has 1 aliphatic heterocycles. The minimum atomic E-state index is -1.29. The maximum Gasteiger partial charge on any atom is 0.290 e. The van der Waals surface area contributed by atoms with Crippen molar-refractivity contribution in [2.24, 2.45) is 0 Å². The Morgan fingerprint density at radius 1 is 0.941 bits per heavy atom. The summed E-state index contributed by atoms with van der Waals surface area (Å²) in [6.07, 6.45) is -2.22. The number of nitrogens with one attached hydrogen (secondary N) is 1. The standard InChI is InChI=1S/C35H36N8O4S.CH2O2/c1-22-40-41-33(48-22)30-28(45)29(46)34(47-30)43-20-37-27-31(36-19-26(24-13-7-3-8-14-24)25-15-9-4-10-16-25)38-35(39-32(27)43)42(21-44)18-17-23-11-5-2-6-12-23;2-1-3/h2-16,20,26,28-30,34,44-46H,17-19,21H2,1H3,(H,36,38,39);1H,(H,2,3)/t28-,29+,30-,34+;/m0./s1. The van der Waals surface area contributed by atoms with Crippen molar-refractivity contribution in [2.75, 3.05) is 30.0 Å². The second-order valence-electron chi connectivity index (χ2n) is 11.8. The molecule has 0 bridgehead atoms. The van der Waals surface area contributed by atoms with E-state index in [0.29, 0.717) is 41.5 Å². The lowest BCUT2D eigenvalue weighted by Crippen LogP contribution is -2.30. The number of ether oxygens (including phenoxy) is 1. The Hall–Kier alpha value is -5.32. The molecule has 4 heterocycles. The maximum atomic E-state index is 11.2. The quantitative estimate of drug-likeness (QED) is 0.0908. The molecule has 14 nitrogen and oxygen atoms in total. The fourth-order valence-electron chi connectivity index (χ4n) is 6.02. The zero-order chi connectivity index (χ0) is 35.7. The molecule has 7 rings (SSSR count). The molecule has 0 spiro atoms. The van der Waals surface area contributed by atoms with E-state index in [9.17, 15) is 15.3 Å². The third kappa shape index (κ3) is 8.03. The van der Waals surface area contributed by atoms with Gasteiger partial charge in [0, 0.05) is 19.0 Å². The molecule has 0 unspecified atom stereocenters. The van der Waals surface area contributed by atoms with Crippen LogP contribution >= 0.6 is 11.3 Å². The van der Waals surface area contributed by atoms with E-state index in [2.05, 4.69) is 44.8 Å². The van der Waals surface area contributed by atoms with Gasteiger partial charge in [-0.15, -0.1) is 10.2 Å². The Kier molecular flexibility index (Phi) is 11.6. The van der Waals surface area contributed by atoms with Gasteiger partial charge in [-0.3, -0.25) is 9.36 Å². The van der Waals surface area contributed by atoms with Crippen LogP contribution in [0.3, 0.4) is 0 Å². The van der Waals surface area contributed by atoms with Crippen LogP contribution in [0.25, 0.3) is 11.2 Å². The summed E-state index contributed by atoms with van der Waals surface area (Å²) in [4.78, 5) is 24.4. The highest BCUT2D eigenvalue weighted by molar-refractivity contribution is 7.11. The van der Waals surface area contributed by atoms with Gasteiger partial charge in [0.05, 0.1) is 6.33 Å². The Bertz CT molecular complexity index is 1960. The van der Waals surface area contributed by atoms with Crippen molar-refractivity contribution in [2.45, 2.75) is 43.8 Å². The molecule has 5 N–H and O–H groups in total. The van der Waals surface area contributed by atoms with Gasteiger partial charge in [0.25, 0.3) is 6.47 Å². The number of carboxylic acid groups (broad SMARTS) is 1. The van der Waals surface area contributed by atoms with Gasteiger partial charge in [-0.2, -0.15) is 9.97 Å². The van der Waals surface area contributed by atoms with Crippen LogP contribution in [0, 0.1) is 6.92 Å². The van der Waals surface area contributed by atoms with E-state index in [1.54, 1.807) is 9.47 Å². The summed E-state index contributed by atoms with van der Waals surface area (Å²) in [6.45, 7) is 2.20. The van der Waals surface area contributed by atoms with Crippen LogP contribution in [-0.4, -0.2) is 88.6 Å². The molecule has 1 fully saturated rings. The van der Waals surface area contributed by atoms with Crippen LogP contribution in [0.2, 0.25) is 0 Å². The second kappa shape index (κ2) is 16.6. The molecule has 51 heavy (non-hydrogen) atoms. The number of carbonyl (C=O) groups is 1. The molecule has 4 atom stereocenters. The predicted molar refractivity (Wildman–Crippen MR) is 191 cm³/mol. The van der Waals surface area contributed by atoms with Gasteiger partial charge in [0.1, 0.15) is 35.1 Å². The molecular formula is C36H38N8O6S. The molecule has 1 aliphatic rings. The first-order chi connectivity index (χ1) is 24.9. The van der Waals surface area contributed by atoms with Gasteiger partial charge in [0.15, 0.2) is 23.2 Å². The monoisotopic (exact) mass is 710 g/mol. The molecule has 0 saturated carbocycles. The average Bonchev–Trinajstić information content (AvgIpc) is 3.87. The predicted octanol–water partition coefficient (Wildman–Crippen LogP) is 3.92. The lowest BCUT2D eigenvalue weighted by molar-refractivity contribution is -0.122. The first-order valence-electron chi connectivity index (χ1n) is 16.3. The smallest absolute Gasteiger partial charge is 0.290 e. The summed E-state index contributed by atoms with van der Waals surface area (Å²) < 4.78 is 7.81. The van der Waals surface area contributed by atoms with Gasteiger partial charge in [-0.25, -0.2) is 4.98 Å². The molecule has 0 aliphatic carbocycles. The number of nitrogens with zero attached hydrogens (tertiary/aromatic N) is 7. The Balaban J connectivity index is 0.00000144. The third-order valence-electron chi connectivity index (χ3n) is 8.55. The van der Waals surface area contributed by atoms with E-state index in [1.807, 2.05) is 73.7 Å². The fraction of sp³-hybridized carbons (Fsp3) is 0.278. The second-order valence-corrected chi connectivity index (χ2v) is 13.0. The normalized spacial score (nSPS) is 18.4. The zero-order valence-corrected chi connectivity index (χ0v) is 28.5. The molecule has 6 aromatic rings. The number of aromatic nitrogens is 6. The molecule has 15 heteroatoms.